The highest BCUT2D eigenvalue weighted by Crippen LogP contribution is 2.34. The van der Waals surface area contributed by atoms with Crippen molar-refractivity contribution in [2.75, 3.05) is 7.11 Å². The van der Waals surface area contributed by atoms with Crippen LogP contribution in [0.5, 0.6) is 11.5 Å². The fourth-order valence-electron chi connectivity index (χ4n) is 2.22. The first-order valence-corrected chi connectivity index (χ1v) is 6.53. The standard InChI is InChI=1S/C15H24O2/c1-5-7-8-11(3)13-10-15(17-4)14(16)9-12(13)6-2/h9-11,16H,5-8H2,1-4H3. The number of phenolic OH excluding ortho intramolecular Hbond substituents is 1. The van der Waals surface area contributed by atoms with Crippen molar-refractivity contribution in [2.45, 2.75) is 52.4 Å². The van der Waals surface area contributed by atoms with Gasteiger partial charge in [0.2, 0.25) is 0 Å². The van der Waals surface area contributed by atoms with Crippen LogP contribution in [-0.2, 0) is 6.42 Å². The Balaban J connectivity index is 3.02. The van der Waals surface area contributed by atoms with Crippen LogP contribution in [0.3, 0.4) is 0 Å². The van der Waals surface area contributed by atoms with Gasteiger partial charge in [-0.15, -0.1) is 0 Å². The molecule has 96 valence electrons. The van der Waals surface area contributed by atoms with E-state index in [9.17, 15) is 5.11 Å². The zero-order chi connectivity index (χ0) is 12.8. The third-order valence-corrected chi connectivity index (χ3v) is 3.34. The van der Waals surface area contributed by atoms with Crippen molar-refractivity contribution >= 4 is 0 Å². The molecule has 1 aromatic carbocycles. The average Bonchev–Trinajstić information content (AvgIpc) is 2.35. The minimum atomic E-state index is 0.246. The minimum Gasteiger partial charge on any atom is -0.504 e. The number of unbranched alkanes of at least 4 members (excludes halogenated alkanes) is 1. The van der Waals surface area contributed by atoms with Crippen LogP contribution in [0, 0.1) is 0 Å². The number of aromatic hydroxyl groups is 1. The molecule has 1 N–H and O–H groups in total. The van der Waals surface area contributed by atoms with E-state index in [4.69, 9.17) is 4.74 Å². The average molecular weight is 236 g/mol. The third-order valence-electron chi connectivity index (χ3n) is 3.34. The van der Waals surface area contributed by atoms with E-state index in [2.05, 4.69) is 20.8 Å². The molecule has 0 aliphatic rings. The summed E-state index contributed by atoms with van der Waals surface area (Å²) >= 11 is 0. The van der Waals surface area contributed by atoms with Gasteiger partial charge in [-0.3, -0.25) is 0 Å². The van der Waals surface area contributed by atoms with E-state index in [1.165, 1.54) is 30.4 Å². The van der Waals surface area contributed by atoms with E-state index in [-0.39, 0.29) is 5.75 Å². The lowest BCUT2D eigenvalue weighted by Gasteiger charge is -2.17. The van der Waals surface area contributed by atoms with Crippen LogP contribution in [0.4, 0.5) is 0 Å². The smallest absolute Gasteiger partial charge is 0.160 e. The fraction of sp³-hybridized carbons (Fsp3) is 0.600. The molecule has 1 aromatic rings. The van der Waals surface area contributed by atoms with Crippen LogP contribution in [-0.4, -0.2) is 12.2 Å². The summed E-state index contributed by atoms with van der Waals surface area (Å²) < 4.78 is 5.19. The molecule has 2 heteroatoms. The van der Waals surface area contributed by atoms with Crippen LogP contribution in [0.25, 0.3) is 0 Å². The lowest BCUT2D eigenvalue weighted by molar-refractivity contribution is 0.372. The molecule has 17 heavy (non-hydrogen) atoms. The second-order valence-corrected chi connectivity index (χ2v) is 4.62. The number of aryl methyl sites for hydroxylation is 1. The molecular weight excluding hydrogens is 212 g/mol. The Hall–Kier alpha value is -1.18. The summed E-state index contributed by atoms with van der Waals surface area (Å²) in [6, 6.07) is 3.84. The van der Waals surface area contributed by atoms with Crippen molar-refractivity contribution < 1.29 is 9.84 Å². The maximum atomic E-state index is 9.78. The summed E-state index contributed by atoms with van der Waals surface area (Å²) in [6.45, 7) is 6.59. The molecule has 0 amide bonds. The quantitative estimate of drug-likeness (QED) is 0.799. The van der Waals surface area contributed by atoms with Gasteiger partial charge in [0.1, 0.15) is 0 Å². The van der Waals surface area contributed by atoms with Crippen molar-refractivity contribution in [1.82, 2.24) is 0 Å². The summed E-state index contributed by atoms with van der Waals surface area (Å²) in [5, 5.41) is 9.78. The van der Waals surface area contributed by atoms with Gasteiger partial charge in [-0.2, -0.15) is 0 Å². The zero-order valence-electron chi connectivity index (χ0n) is 11.4. The molecule has 0 heterocycles. The minimum absolute atomic E-state index is 0.246. The molecule has 0 bridgehead atoms. The van der Waals surface area contributed by atoms with E-state index in [1.807, 2.05) is 12.1 Å². The molecule has 0 spiro atoms. The monoisotopic (exact) mass is 236 g/mol. The van der Waals surface area contributed by atoms with Crippen LogP contribution in [0.15, 0.2) is 12.1 Å². The van der Waals surface area contributed by atoms with Gasteiger partial charge in [-0.25, -0.2) is 0 Å². The summed E-state index contributed by atoms with van der Waals surface area (Å²) in [7, 11) is 1.60. The highest BCUT2D eigenvalue weighted by Gasteiger charge is 2.13. The Morgan fingerprint density at radius 3 is 2.53 bits per heavy atom. The predicted molar refractivity (Wildman–Crippen MR) is 72.0 cm³/mol. The summed E-state index contributed by atoms with van der Waals surface area (Å²) in [5.74, 6) is 1.36. The van der Waals surface area contributed by atoms with Gasteiger partial charge < -0.3 is 9.84 Å². The van der Waals surface area contributed by atoms with Crippen LogP contribution >= 0.6 is 0 Å². The van der Waals surface area contributed by atoms with Gasteiger partial charge in [0, 0.05) is 0 Å². The number of rotatable bonds is 6. The fourth-order valence-corrected chi connectivity index (χ4v) is 2.22. The van der Waals surface area contributed by atoms with E-state index < -0.39 is 0 Å². The molecule has 0 aliphatic heterocycles. The van der Waals surface area contributed by atoms with E-state index >= 15 is 0 Å². The van der Waals surface area contributed by atoms with Gasteiger partial charge in [0.25, 0.3) is 0 Å². The maximum Gasteiger partial charge on any atom is 0.160 e. The summed E-state index contributed by atoms with van der Waals surface area (Å²) in [5.41, 5.74) is 2.54. The molecule has 0 saturated carbocycles. The maximum absolute atomic E-state index is 9.78. The van der Waals surface area contributed by atoms with Crippen molar-refractivity contribution in [3.8, 4) is 11.5 Å². The van der Waals surface area contributed by atoms with Crippen molar-refractivity contribution in [3.63, 3.8) is 0 Å². The Labute approximate surface area is 105 Å². The predicted octanol–water partition coefficient (Wildman–Crippen LogP) is 4.26. The number of methoxy groups -OCH3 is 1. The van der Waals surface area contributed by atoms with Gasteiger partial charge in [-0.1, -0.05) is 33.6 Å². The lowest BCUT2D eigenvalue weighted by Crippen LogP contribution is -2.00. The molecule has 2 nitrogen and oxygen atoms in total. The Kier molecular flexibility index (Phi) is 5.33. The van der Waals surface area contributed by atoms with Gasteiger partial charge in [-0.05, 0) is 42.0 Å². The zero-order valence-corrected chi connectivity index (χ0v) is 11.4. The topological polar surface area (TPSA) is 29.5 Å². The number of benzene rings is 1. The van der Waals surface area contributed by atoms with Gasteiger partial charge in [0.15, 0.2) is 11.5 Å². The van der Waals surface area contributed by atoms with Gasteiger partial charge in [0.05, 0.1) is 7.11 Å². The highest BCUT2D eigenvalue weighted by molar-refractivity contribution is 5.47. The van der Waals surface area contributed by atoms with Crippen molar-refractivity contribution in [1.29, 1.82) is 0 Å². The van der Waals surface area contributed by atoms with Crippen LogP contribution < -0.4 is 4.74 Å². The van der Waals surface area contributed by atoms with E-state index in [0.29, 0.717) is 11.7 Å². The second-order valence-electron chi connectivity index (χ2n) is 4.62. The number of phenols is 1. The van der Waals surface area contributed by atoms with Crippen molar-refractivity contribution in [2.24, 2.45) is 0 Å². The molecule has 0 saturated heterocycles. The summed E-state index contributed by atoms with van der Waals surface area (Å²) in [4.78, 5) is 0. The SMILES string of the molecule is CCCCC(C)c1cc(OC)c(O)cc1CC. The molecule has 0 fully saturated rings. The molecular formula is C15H24O2. The number of ether oxygens (including phenoxy) is 1. The first-order valence-electron chi connectivity index (χ1n) is 6.53. The molecule has 0 aliphatic carbocycles. The molecule has 1 atom stereocenters. The second kappa shape index (κ2) is 6.53. The van der Waals surface area contributed by atoms with Crippen LogP contribution in [0.1, 0.15) is 57.1 Å². The van der Waals surface area contributed by atoms with E-state index in [0.717, 1.165) is 6.42 Å². The Morgan fingerprint density at radius 1 is 1.29 bits per heavy atom. The van der Waals surface area contributed by atoms with Crippen molar-refractivity contribution in [3.05, 3.63) is 23.3 Å². The summed E-state index contributed by atoms with van der Waals surface area (Å²) in [6.07, 6.45) is 4.61. The molecule has 0 aromatic heterocycles. The molecule has 1 rings (SSSR count). The number of hydrogen-bond donors (Lipinski definition) is 1. The first kappa shape index (κ1) is 13.9. The highest BCUT2D eigenvalue weighted by atomic mass is 16.5. The lowest BCUT2D eigenvalue weighted by atomic mass is 9.90. The third kappa shape index (κ3) is 3.39. The first-order chi connectivity index (χ1) is 8.13. The van der Waals surface area contributed by atoms with Gasteiger partial charge >= 0.3 is 0 Å². The normalized spacial score (nSPS) is 12.5. The number of hydrogen-bond acceptors (Lipinski definition) is 2. The largest absolute Gasteiger partial charge is 0.504 e. The molecule has 1 unspecified atom stereocenters. The van der Waals surface area contributed by atoms with E-state index in [1.54, 1.807) is 7.11 Å². The molecule has 0 radical (unpaired) electrons. The Morgan fingerprint density at radius 2 is 2.00 bits per heavy atom. The van der Waals surface area contributed by atoms with Crippen LogP contribution in [0.2, 0.25) is 0 Å². The Bertz CT molecular complexity index is 358.